The number of benzene rings is 2. The van der Waals surface area contributed by atoms with Gasteiger partial charge in [0.1, 0.15) is 16.6 Å². The van der Waals surface area contributed by atoms with E-state index in [0.717, 1.165) is 27.8 Å². The van der Waals surface area contributed by atoms with Crippen LogP contribution in [0.5, 0.6) is 5.75 Å². The van der Waals surface area contributed by atoms with Gasteiger partial charge in [-0.1, -0.05) is 6.92 Å². The van der Waals surface area contributed by atoms with E-state index in [1.54, 1.807) is 18.9 Å². The highest BCUT2D eigenvalue weighted by Crippen LogP contribution is 2.37. The predicted molar refractivity (Wildman–Crippen MR) is 122 cm³/mol. The lowest BCUT2D eigenvalue weighted by Gasteiger charge is -2.34. The summed E-state index contributed by atoms with van der Waals surface area (Å²) < 4.78 is 45.7. The summed E-state index contributed by atoms with van der Waals surface area (Å²) in [6.45, 7) is 2.70. The molecule has 6 nitrogen and oxygen atoms in total. The van der Waals surface area contributed by atoms with Crippen LogP contribution in [0.4, 0.5) is 4.39 Å². The molecule has 2 heterocycles. The SMILES string of the molecule is CCSC1=NC2(CCN(S(=O)(=O)c3ccc(F)cc3)CC2)N=C1c1ccc(OC)cc1. The smallest absolute Gasteiger partial charge is 0.243 e. The number of thioether (sulfide) groups is 1. The van der Waals surface area contributed by atoms with Crippen molar-refractivity contribution in [3.8, 4) is 5.75 Å². The van der Waals surface area contributed by atoms with Gasteiger partial charge in [0.2, 0.25) is 10.0 Å². The number of halogens is 1. The standard InChI is InChI=1S/C22H24FN3O3S2/c1-3-30-21-20(16-4-8-18(29-2)9-5-16)24-22(25-21)12-14-26(15-13-22)31(27,28)19-10-6-17(23)7-11-19/h4-11H,3,12-15H2,1-2H3. The Morgan fingerprint density at radius 2 is 1.71 bits per heavy atom. The fourth-order valence-corrected chi connectivity index (χ4v) is 6.01. The molecule has 4 rings (SSSR count). The highest BCUT2D eigenvalue weighted by molar-refractivity contribution is 8.15. The minimum Gasteiger partial charge on any atom is -0.497 e. The molecular formula is C22H24FN3O3S2. The van der Waals surface area contributed by atoms with Gasteiger partial charge in [-0.15, -0.1) is 11.8 Å². The van der Waals surface area contributed by atoms with Crippen molar-refractivity contribution in [1.82, 2.24) is 4.31 Å². The number of aliphatic imine (C=N–C) groups is 2. The highest BCUT2D eigenvalue weighted by atomic mass is 32.2. The van der Waals surface area contributed by atoms with E-state index in [1.165, 1.54) is 28.6 Å². The van der Waals surface area contributed by atoms with E-state index in [9.17, 15) is 12.8 Å². The fourth-order valence-electron chi connectivity index (χ4n) is 3.76. The Balaban J connectivity index is 1.56. The Morgan fingerprint density at radius 1 is 1.06 bits per heavy atom. The summed E-state index contributed by atoms with van der Waals surface area (Å²) in [5.41, 5.74) is 1.18. The molecule has 0 bridgehead atoms. The van der Waals surface area contributed by atoms with Gasteiger partial charge in [0.05, 0.1) is 17.7 Å². The molecule has 2 aliphatic rings. The van der Waals surface area contributed by atoms with E-state index >= 15 is 0 Å². The van der Waals surface area contributed by atoms with Crippen LogP contribution in [0.1, 0.15) is 25.3 Å². The molecule has 1 spiro atoms. The molecule has 0 radical (unpaired) electrons. The van der Waals surface area contributed by atoms with Gasteiger partial charge >= 0.3 is 0 Å². The van der Waals surface area contributed by atoms with Gasteiger partial charge in [0.25, 0.3) is 0 Å². The quantitative estimate of drug-likeness (QED) is 0.676. The zero-order valence-electron chi connectivity index (χ0n) is 17.4. The molecule has 164 valence electrons. The van der Waals surface area contributed by atoms with Gasteiger partial charge in [-0.05, 0) is 54.3 Å². The van der Waals surface area contributed by atoms with Crippen LogP contribution in [-0.4, -0.2) is 55.1 Å². The molecule has 0 amide bonds. The molecule has 9 heteroatoms. The van der Waals surface area contributed by atoms with Gasteiger partial charge < -0.3 is 4.74 Å². The molecule has 31 heavy (non-hydrogen) atoms. The van der Waals surface area contributed by atoms with E-state index < -0.39 is 21.5 Å². The van der Waals surface area contributed by atoms with Gasteiger partial charge in [-0.2, -0.15) is 4.31 Å². The van der Waals surface area contributed by atoms with Gasteiger partial charge in [-0.3, -0.25) is 4.99 Å². The minimum atomic E-state index is -3.67. The summed E-state index contributed by atoms with van der Waals surface area (Å²) in [7, 11) is -2.04. The number of nitrogens with zero attached hydrogens (tertiary/aromatic N) is 3. The first-order valence-corrected chi connectivity index (χ1v) is 12.5. The Kier molecular flexibility index (Phi) is 6.18. The zero-order valence-corrected chi connectivity index (χ0v) is 19.0. The predicted octanol–water partition coefficient (Wildman–Crippen LogP) is 3.97. The summed E-state index contributed by atoms with van der Waals surface area (Å²) in [6.07, 6.45) is 1.00. The maximum absolute atomic E-state index is 13.2. The van der Waals surface area contributed by atoms with Crippen LogP contribution in [0.25, 0.3) is 0 Å². The molecule has 0 atom stereocenters. The van der Waals surface area contributed by atoms with Crippen molar-refractivity contribution in [2.75, 3.05) is 26.0 Å². The average Bonchev–Trinajstić information content (AvgIpc) is 3.12. The second-order valence-corrected chi connectivity index (χ2v) is 10.6. The molecule has 0 unspecified atom stereocenters. The fraction of sp³-hybridized carbons (Fsp3) is 0.364. The third-order valence-corrected chi connectivity index (χ3v) is 8.21. The first-order chi connectivity index (χ1) is 14.9. The number of ether oxygens (including phenoxy) is 1. The average molecular weight is 462 g/mol. The second kappa shape index (κ2) is 8.72. The number of sulfonamides is 1. The Hall–Kier alpha value is -2.23. The van der Waals surface area contributed by atoms with E-state index in [-0.39, 0.29) is 4.90 Å². The van der Waals surface area contributed by atoms with Crippen molar-refractivity contribution in [1.29, 1.82) is 0 Å². The van der Waals surface area contributed by atoms with Gasteiger partial charge in [0, 0.05) is 31.5 Å². The van der Waals surface area contributed by atoms with Gasteiger partial charge in [-0.25, -0.2) is 17.8 Å². The third kappa shape index (κ3) is 4.40. The molecular weight excluding hydrogens is 437 g/mol. The monoisotopic (exact) mass is 461 g/mol. The Bertz CT molecular complexity index is 1110. The highest BCUT2D eigenvalue weighted by Gasteiger charge is 2.42. The van der Waals surface area contributed by atoms with Crippen molar-refractivity contribution in [3.05, 3.63) is 59.9 Å². The van der Waals surface area contributed by atoms with Crippen molar-refractivity contribution < 1.29 is 17.5 Å². The molecule has 2 aromatic rings. The first-order valence-electron chi connectivity index (χ1n) is 10.1. The summed E-state index contributed by atoms with van der Waals surface area (Å²) in [4.78, 5) is 10.0. The lowest BCUT2D eigenvalue weighted by Crippen LogP contribution is -2.44. The minimum absolute atomic E-state index is 0.101. The van der Waals surface area contributed by atoms with Crippen molar-refractivity contribution in [2.24, 2.45) is 9.98 Å². The normalized spacial score (nSPS) is 18.7. The third-order valence-electron chi connectivity index (χ3n) is 5.45. The molecule has 2 aromatic carbocycles. The lowest BCUT2D eigenvalue weighted by atomic mass is 10.00. The van der Waals surface area contributed by atoms with Crippen molar-refractivity contribution in [2.45, 2.75) is 30.3 Å². The molecule has 0 saturated carbocycles. The Morgan fingerprint density at radius 3 is 2.29 bits per heavy atom. The zero-order chi connectivity index (χ0) is 22.1. The van der Waals surface area contributed by atoms with E-state index in [2.05, 4.69) is 6.92 Å². The number of piperidine rings is 1. The summed E-state index contributed by atoms with van der Waals surface area (Å²) in [5, 5.41) is 0.891. The number of methoxy groups -OCH3 is 1. The molecule has 2 aliphatic heterocycles. The Labute approximate surface area is 186 Å². The van der Waals surface area contributed by atoms with E-state index in [4.69, 9.17) is 14.7 Å². The van der Waals surface area contributed by atoms with Crippen molar-refractivity contribution >= 4 is 32.5 Å². The summed E-state index contributed by atoms with van der Waals surface area (Å²) >= 11 is 1.64. The molecule has 1 saturated heterocycles. The van der Waals surface area contributed by atoms with Crippen LogP contribution in [-0.2, 0) is 10.0 Å². The number of hydrogen-bond donors (Lipinski definition) is 0. The first kappa shape index (κ1) is 22.0. The second-order valence-electron chi connectivity index (χ2n) is 7.38. The number of rotatable bonds is 5. The van der Waals surface area contributed by atoms with Gasteiger partial charge in [0.15, 0.2) is 5.66 Å². The van der Waals surface area contributed by atoms with Crippen LogP contribution in [0.2, 0.25) is 0 Å². The van der Waals surface area contributed by atoms with E-state index in [0.29, 0.717) is 25.9 Å². The van der Waals surface area contributed by atoms with Crippen molar-refractivity contribution in [3.63, 3.8) is 0 Å². The number of hydrogen-bond acceptors (Lipinski definition) is 6. The molecule has 0 aliphatic carbocycles. The maximum atomic E-state index is 13.2. The molecule has 0 aromatic heterocycles. The summed E-state index contributed by atoms with van der Waals surface area (Å²) in [6, 6.07) is 12.7. The lowest BCUT2D eigenvalue weighted by molar-refractivity contribution is 0.249. The molecule has 0 N–H and O–H groups in total. The largest absolute Gasteiger partial charge is 0.497 e. The maximum Gasteiger partial charge on any atom is 0.243 e. The van der Waals surface area contributed by atoms with Crippen LogP contribution in [0, 0.1) is 5.82 Å². The van der Waals surface area contributed by atoms with Crippen LogP contribution in [0.15, 0.2) is 63.4 Å². The topological polar surface area (TPSA) is 71.3 Å². The molecule has 1 fully saturated rings. The van der Waals surface area contributed by atoms with Crippen LogP contribution >= 0.6 is 11.8 Å². The summed E-state index contributed by atoms with van der Waals surface area (Å²) in [5.74, 6) is 1.19. The van der Waals surface area contributed by atoms with Crippen LogP contribution < -0.4 is 4.74 Å². The van der Waals surface area contributed by atoms with Crippen LogP contribution in [0.3, 0.4) is 0 Å². The van der Waals surface area contributed by atoms with E-state index in [1.807, 2.05) is 24.3 Å².